The largest absolute Gasteiger partial charge is 0.322 e. The number of carbonyl (C=O) groups excluding carboxylic acids is 1. The van der Waals surface area contributed by atoms with E-state index in [-0.39, 0.29) is 11.5 Å². The Morgan fingerprint density at radius 1 is 1.00 bits per heavy atom. The SMILES string of the molecule is Cc1ccc(C)c(Cn2cc(C(=O)Nc3ccc(C)c(Cl)c3)ccc2=O)c1. The van der Waals surface area contributed by atoms with Crippen LogP contribution >= 0.6 is 11.6 Å². The Kier molecular flexibility index (Phi) is 5.47. The van der Waals surface area contributed by atoms with Crippen LogP contribution in [0.3, 0.4) is 0 Å². The van der Waals surface area contributed by atoms with Gasteiger partial charge in [-0.1, -0.05) is 41.4 Å². The molecule has 1 aromatic heterocycles. The lowest BCUT2D eigenvalue weighted by atomic mass is 10.1. The summed E-state index contributed by atoms with van der Waals surface area (Å²) in [5.74, 6) is -0.287. The van der Waals surface area contributed by atoms with Gasteiger partial charge >= 0.3 is 0 Å². The first-order chi connectivity index (χ1) is 12.8. The van der Waals surface area contributed by atoms with Crippen molar-refractivity contribution in [3.05, 3.63) is 97.9 Å². The molecule has 0 spiro atoms. The molecular weight excluding hydrogens is 360 g/mol. The molecule has 2 aromatic carbocycles. The summed E-state index contributed by atoms with van der Waals surface area (Å²) in [5.41, 5.74) is 5.12. The van der Waals surface area contributed by atoms with Gasteiger partial charge in [0.1, 0.15) is 0 Å². The zero-order valence-electron chi connectivity index (χ0n) is 15.5. The second-order valence-electron chi connectivity index (χ2n) is 6.73. The summed E-state index contributed by atoms with van der Waals surface area (Å²) in [7, 11) is 0. The number of hydrogen-bond acceptors (Lipinski definition) is 2. The molecule has 1 N–H and O–H groups in total. The average Bonchev–Trinajstić information content (AvgIpc) is 2.63. The van der Waals surface area contributed by atoms with Gasteiger partial charge in [0.2, 0.25) is 0 Å². The molecule has 0 saturated carbocycles. The Morgan fingerprint density at radius 2 is 1.74 bits per heavy atom. The molecule has 0 aliphatic rings. The molecule has 27 heavy (non-hydrogen) atoms. The van der Waals surface area contributed by atoms with Gasteiger partial charge in [-0.05, 0) is 55.7 Å². The Morgan fingerprint density at radius 3 is 2.48 bits per heavy atom. The first-order valence-corrected chi connectivity index (χ1v) is 9.05. The first kappa shape index (κ1) is 18.9. The minimum absolute atomic E-state index is 0.147. The van der Waals surface area contributed by atoms with Crippen LogP contribution in [0.2, 0.25) is 5.02 Å². The van der Waals surface area contributed by atoms with Crippen LogP contribution in [0.5, 0.6) is 0 Å². The molecule has 1 amide bonds. The van der Waals surface area contributed by atoms with Crippen LogP contribution in [-0.2, 0) is 6.54 Å². The van der Waals surface area contributed by atoms with Gasteiger partial charge < -0.3 is 9.88 Å². The van der Waals surface area contributed by atoms with Gasteiger partial charge in [0.15, 0.2) is 0 Å². The number of aryl methyl sites for hydroxylation is 3. The minimum atomic E-state index is -0.287. The number of halogens is 1. The molecule has 1 heterocycles. The van der Waals surface area contributed by atoms with Crippen LogP contribution in [0.15, 0.2) is 59.5 Å². The Labute approximate surface area is 163 Å². The summed E-state index contributed by atoms with van der Waals surface area (Å²) >= 11 is 6.11. The number of nitrogens with zero attached hydrogens (tertiary/aromatic N) is 1. The average molecular weight is 381 g/mol. The third-order valence-electron chi connectivity index (χ3n) is 4.52. The summed E-state index contributed by atoms with van der Waals surface area (Å²) in [5, 5.41) is 3.41. The molecule has 0 aliphatic heterocycles. The van der Waals surface area contributed by atoms with Crippen LogP contribution in [0.1, 0.15) is 32.6 Å². The number of hydrogen-bond donors (Lipinski definition) is 1. The van der Waals surface area contributed by atoms with Crippen LogP contribution in [0.25, 0.3) is 0 Å². The van der Waals surface area contributed by atoms with Crippen molar-refractivity contribution < 1.29 is 4.79 Å². The molecule has 0 bridgehead atoms. The normalized spacial score (nSPS) is 10.7. The zero-order valence-corrected chi connectivity index (χ0v) is 16.3. The molecule has 0 fully saturated rings. The fraction of sp³-hybridized carbons (Fsp3) is 0.182. The highest BCUT2D eigenvalue weighted by Crippen LogP contribution is 2.20. The fourth-order valence-corrected chi connectivity index (χ4v) is 3.00. The monoisotopic (exact) mass is 380 g/mol. The second kappa shape index (κ2) is 7.80. The van der Waals surface area contributed by atoms with E-state index in [2.05, 4.69) is 11.4 Å². The van der Waals surface area contributed by atoms with E-state index in [4.69, 9.17) is 11.6 Å². The quantitative estimate of drug-likeness (QED) is 0.711. The molecule has 0 atom stereocenters. The van der Waals surface area contributed by atoms with Crippen molar-refractivity contribution in [1.29, 1.82) is 0 Å². The lowest BCUT2D eigenvalue weighted by molar-refractivity contribution is 0.102. The molecule has 3 rings (SSSR count). The molecule has 0 unspecified atom stereocenters. The van der Waals surface area contributed by atoms with Crippen LogP contribution in [0.4, 0.5) is 5.69 Å². The molecule has 0 saturated heterocycles. The third kappa shape index (κ3) is 4.47. The van der Waals surface area contributed by atoms with Crippen molar-refractivity contribution in [2.24, 2.45) is 0 Å². The summed E-state index contributed by atoms with van der Waals surface area (Å²) in [6, 6.07) is 14.4. The highest BCUT2D eigenvalue weighted by molar-refractivity contribution is 6.31. The maximum atomic E-state index is 12.6. The van der Waals surface area contributed by atoms with Gasteiger partial charge in [-0.15, -0.1) is 0 Å². The molecular formula is C22H21ClN2O2. The number of carbonyl (C=O) groups is 1. The molecule has 4 nitrogen and oxygen atoms in total. The summed E-state index contributed by atoms with van der Waals surface area (Å²) in [6.07, 6.45) is 1.59. The first-order valence-electron chi connectivity index (χ1n) is 8.67. The van der Waals surface area contributed by atoms with Gasteiger partial charge in [-0.3, -0.25) is 9.59 Å². The Bertz CT molecular complexity index is 1070. The van der Waals surface area contributed by atoms with E-state index in [1.165, 1.54) is 12.1 Å². The number of nitrogens with one attached hydrogen (secondary N) is 1. The zero-order chi connectivity index (χ0) is 19.6. The van der Waals surface area contributed by atoms with Crippen molar-refractivity contribution in [1.82, 2.24) is 4.57 Å². The number of amides is 1. The Balaban J connectivity index is 1.86. The number of anilines is 1. The van der Waals surface area contributed by atoms with Crippen molar-refractivity contribution in [3.8, 4) is 0 Å². The number of benzene rings is 2. The molecule has 138 valence electrons. The topological polar surface area (TPSA) is 51.1 Å². The van der Waals surface area contributed by atoms with Crippen LogP contribution in [-0.4, -0.2) is 10.5 Å². The number of aromatic nitrogens is 1. The van der Waals surface area contributed by atoms with Crippen LogP contribution < -0.4 is 10.9 Å². The van der Waals surface area contributed by atoms with Gasteiger partial charge in [0.25, 0.3) is 11.5 Å². The third-order valence-corrected chi connectivity index (χ3v) is 4.93. The smallest absolute Gasteiger partial charge is 0.257 e. The van der Waals surface area contributed by atoms with E-state index in [1.807, 2.05) is 39.0 Å². The lowest BCUT2D eigenvalue weighted by Crippen LogP contribution is -2.23. The van der Waals surface area contributed by atoms with Crippen molar-refractivity contribution in [2.75, 3.05) is 5.32 Å². The van der Waals surface area contributed by atoms with Crippen molar-refractivity contribution in [3.63, 3.8) is 0 Å². The van der Waals surface area contributed by atoms with E-state index in [1.54, 1.807) is 22.9 Å². The Hall–Kier alpha value is -2.85. The van der Waals surface area contributed by atoms with Gasteiger partial charge in [-0.2, -0.15) is 0 Å². The lowest BCUT2D eigenvalue weighted by Gasteiger charge is -2.12. The van der Waals surface area contributed by atoms with Gasteiger partial charge in [0.05, 0.1) is 12.1 Å². The second-order valence-corrected chi connectivity index (χ2v) is 7.14. The predicted molar refractivity (Wildman–Crippen MR) is 110 cm³/mol. The summed E-state index contributed by atoms with van der Waals surface area (Å²) in [4.78, 5) is 24.8. The standard InChI is InChI=1S/C22H21ClN2O2/c1-14-4-5-15(2)18(10-14)13-25-12-17(7-9-21(25)26)22(27)24-19-8-6-16(3)20(23)11-19/h4-12H,13H2,1-3H3,(H,24,27). The molecule has 3 aromatic rings. The van der Waals surface area contributed by atoms with Gasteiger partial charge in [-0.25, -0.2) is 0 Å². The van der Waals surface area contributed by atoms with Crippen molar-refractivity contribution >= 4 is 23.2 Å². The summed E-state index contributed by atoms with van der Waals surface area (Å²) in [6.45, 7) is 6.35. The van der Waals surface area contributed by atoms with Crippen molar-refractivity contribution in [2.45, 2.75) is 27.3 Å². The molecule has 0 aliphatic carbocycles. The molecule has 5 heteroatoms. The highest BCUT2D eigenvalue weighted by Gasteiger charge is 2.10. The fourth-order valence-electron chi connectivity index (χ4n) is 2.82. The van der Waals surface area contributed by atoms with E-state index in [0.717, 1.165) is 22.3 Å². The maximum absolute atomic E-state index is 12.6. The number of pyridine rings is 1. The van der Waals surface area contributed by atoms with E-state index < -0.39 is 0 Å². The summed E-state index contributed by atoms with van der Waals surface area (Å²) < 4.78 is 1.55. The van der Waals surface area contributed by atoms with E-state index >= 15 is 0 Å². The predicted octanol–water partition coefficient (Wildman–Crippen LogP) is 4.73. The van der Waals surface area contributed by atoms with E-state index in [9.17, 15) is 9.59 Å². The minimum Gasteiger partial charge on any atom is -0.322 e. The highest BCUT2D eigenvalue weighted by atomic mass is 35.5. The number of rotatable bonds is 4. The van der Waals surface area contributed by atoms with Crippen LogP contribution in [0, 0.1) is 20.8 Å². The van der Waals surface area contributed by atoms with Gasteiger partial charge in [0, 0.05) is 23.0 Å². The molecule has 0 radical (unpaired) electrons. The van der Waals surface area contributed by atoms with E-state index in [0.29, 0.717) is 22.8 Å². The maximum Gasteiger partial charge on any atom is 0.257 e.